The minimum absolute atomic E-state index is 0.161. The van der Waals surface area contributed by atoms with Gasteiger partial charge in [0.25, 0.3) is 0 Å². The lowest BCUT2D eigenvalue weighted by atomic mass is 10.3. The molecule has 0 aromatic heterocycles. The second kappa shape index (κ2) is 3.05. The highest BCUT2D eigenvalue weighted by Crippen LogP contribution is 2.29. The quantitative estimate of drug-likeness (QED) is 0.654. The fourth-order valence-electron chi connectivity index (χ4n) is 0.797. The van der Waals surface area contributed by atoms with Crippen molar-refractivity contribution in [3.63, 3.8) is 0 Å². The molecule has 0 spiro atoms. The highest BCUT2D eigenvalue weighted by molar-refractivity contribution is 5.58. The minimum Gasteiger partial charge on any atom is -0.508 e. The fraction of sp³-hybridized carbons (Fsp3) is 0.125. The predicted molar refractivity (Wildman–Crippen MR) is 43.9 cm³/mol. The summed E-state index contributed by atoms with van der Waals surface area (Å²) in [6.45, 7) is 3.36. The number of phenolic OH excluding ortho intramolecular Hbond substituents is 1. The predicted octanol–water partition coefficient (Wildman–Crippen LogP) is 1.73. The van der Waals surface area contributed by atoms with Crippen molar-refractivity contribution in [3.05, 3.63) is 18.2 Å². The molecule has 0 unspecified atom stereocenters. The molecule has 0 aliphatic heterocycles. The Balaban J connectivity index is 3.16. The van der Waals surface area contributed by atoms with Gasteiger partial charge >= 0.3 is 0 Å². The van der Waals surface area contributed by atoms with Crippen molar-refractivity contribution in [2.24, 2.45) is 4.99 Å². The summed E-state index contributed by atoms with van der Waals surface area (Å²) in [7, 11) is 1.52. The summed E-state index contributed by atoms with van der Waals surface area (Å²) in [5.74, 6) is 0.689. The van der Waals surface area contributed by atoms with Crippen LogP contribution in [0.3, 0.4) is 0 Å². The Morgan fingerprint density at radius 1 is 1.55 bits per heavy atom. The van der Waals surface area contributed by atoms with Crippen molar-refractivity contribution in [2.45, 2.75) is 0 Å². The van der Waals surface area contributed by atoms with Gasteiger partial charge in [0.05, 0.1) is 7.11 Å². The van der Waals surface area contributed by atoms with Gasteiger partial charge in [-0.1, -0.05) is 0 Å². The molecule has 0 radical (unpaired) electrons. The second-order valence-electron chi connectivity index (χ2n) is 2.01. The SMILES string of the molecule is C=Nc1ccc(O)cc1OC. The molecule has 0 aliphatic rings. The number of methoxy groups -OCH3 is 1. The number of benzene rings is 1. The van der Waals surface area contributed by atoms with Gasteiger partial charge in [-0.2, -0.15) is 0 Å². The molecule has 0 atom stereocenters. The van der Waals surface area contributed by atoms with Crippen LogP contribution in [0.5, 0.6) is 11.5 Å². The van der Waals surface area contributed by atoms with E-state index in [4.69, 9.17) is 9.84 Å². The van der Waals surface area contributed by atoms with E-state index in [0.717, 1.165) is 0 Å². The standard InChI is InChI=1S/C8H9NO2/c1-9-7-4-3-6(10)5-8(7)11-2/h3-5,10H,1H2,2H3. The lowest BCUT2D eigenvalue weighted by Crippen LogP contribution is -1.82. The summed E-state index contributed by atoms with van der Waals surface area (Å²) in [5.41, 5.74) is 0.630. The van der Waals surface area contributed by atoms with Crippen molar-refractivity contribution in [3.8, 4) is 11.5 Å². The van der Waals surface area contributed by atoms with Crippen LogP contribution < -0.4 is 4.74 Å². The molecular formula is C8H9NO2. The lowest BCUT2D eigenvalue weighted by Gasteiger charge is -2.02. The van der Waals surface area contributed by atoms with E-state index >= 15 is 0 Å². The second-order valence-corrected chi connectivity index (χ2v) is 2.01. The zero-order chi connectivity index (χ0) is 8.27. The van der Waals surface area contributed by atoms with Gasteiger partial charge in [0.2, 0.25) is 0 Å². The Hall–Kier alpha value is -1.51. The molecule has 1 aromatic carbocycles. The molecule has 1 N–H and O–H groups in total. The van der Waals surface area contributed by atoms with Crippen LogP contribution in [0.2, 0.25) is 0 Å². The van der Waals surface area contributed by atoms with Gasteiger partial charge in [-0.05, 0) is 18.9 Å². The first-order valence-electron chi connectivity index (χ1n) is 3.11. The summed E-state index contributed by atoms with van der Waals surface area (Å²) < 4.78 is 4.92. The Labute approximate surface area is 65.0 Å². The number of aromatic hydroxyl groups is 1. The Bertz CT molecular complexity index is 271. The average Bonchev–Trinajstić information content (AvgIpc) is 2.04. The van der Waals surface area contributed by atoms with Crippen molar-refractivity contribution in [1.82, 2.24) is 0 Å². The highest BCUT2D eigenvalue weighted by Gasteiger charge is 1.99. The number of rotatable bonds is 2. The van der Waals surface area contributed by atoms with Gasteiger partial charge in [0.15, 0.2) is 0 Å². The monoisotopic (exact) mass is 151 g/mol. The van der Waals surface area contributed by atoms with Crippen LogP contribution >= 0.6 is 0 Å². The Kier molecular flexibility index (Phi) is 2.11. The number of ether oxygens (including phenoxy) is 1. The summed E-state index contributed by atoms with van der Waals surface area (Å²) in [5, 5.41) is 9.02. The normalized spacial score (nSPS) is 9.18. The van der Waals surface area contributed by atoms with E-state index in [0.29, 0.717) is 11.4 Å². The lowest BCUT2D eigenvalue weighted by molar-refractivity contribution is 0.409. The summed E-state index contributed by atoms with van der Waals surface area (Å²) in [6, 6.07) is 4.66. The molecule has 3 heteroatoms. The molecular weight excluding hydrogens is 142 g/mol. The van der Waals surface area contributed by atoms with Crippen LogP contribution in [0, 0.1) is 0 Å². The van der Waals surface area contributed by atoms with Gasteiger partial charge in [0, 0.05) is 6.07 Å². The Morgan fingerprint density at radius 2 is 2.27 bits per heavy atom. The molecule has 0 saturated heterocycles. The van der Waals surface area contributed by atoms with E-state index in [9.17, 15) is 0 Å². The van der Waals surface area contributed by atoms with Crippen molar-refractivity contribution < 1.29 is 9.84 Å². The number of aliphatic imine (C=N–C) groups is 1. The molecule has 0 aliphatic carbocycles. The van der Waals surface area contributed by atoms with Gasteiger partial charge in [-0.25, -0.2) is 0 Å². The Morgan fingerprint density at radius 3 is 2.82 bits per heavy atom. The first kappa shape index (κ1) is 7.60. The molecule has 11 heavy (non-hydrogen) atoms. The molecule has 0 amide bonds. The van der Waals surface area contributed by atoms with Gasteiger partial charge in [0.1, 0.15) is 17.2 Å². The third kappa shape index (κ3) is 1.49. The summed E-state index contributed by atoms with van der Waals surface area (Å²) >= 11 is 0. The maximum atomic E-state index is 9.02. The average molecular weight is 151 g/mol. The van der Waals surface area contributed by atoms with E-state index in [-0.39, 0.29) is 5.75 Å². The molecule has 0 heterocycles. The van der Waals surface area contributed by atoms with Crippen molar-refractivity contribution in [2.75, 3.05) is 7.11 Å². The van der Waals surface area contributed by atoms with Crippen molar-refractivity contribution >= 4 is 12.4 Å². The molecule has 0 saturated carbocycles. The number of hydrogen-bond donors (Lipinski definition) is 1. The highest BCUT2D eigenvalue weighted by atomic mass is 16.5. The number of nitrogens with zero attached hydrogens (tertiary/aromatic N) is 1. The maximum absolute atomic E-state index is 9.02. The van der Waals surface area contributed by atoms with E-state index in [1.165, 1.54) is 19.2 Å². The van der Waals surface area contributed by atoms with Crippen molar-refractivity contribution in [1.29, 1.82) is 0 Å². The van der Waals surface area contributed by atoms with E-state index in [2.05, 4.69) is 11.7 Å². The van der Waals surface area contributed by atoms with E-state index < -0.39 is 0 Å². The molecule has 1 aromatic rings. The molecule has 0 bridgehead atoms. The molecule has 3 nitrogen and oxygen atoms in total. The molecule has 1 rings (SSSR count). The third-order valence-electron chi connectivity index (χ3n) is 1.33. The van der Waals surface area contributed by atoms with E-state index in [1.54, 1.807) is 6.07 Å². The molecule has 0 fully saturated rings. The molecule has 58 valence electrons. The van der Waals surface area contributed by atoms with Gasteiger partial charge < -0.3 is 9.84 Å². The minimum atomic E-state index is 0.161. The third-order valence-corrected chi connectivity index (χ3v) is 1.33. The van der Waals surface area contributed by atoms with Gasteiger partial charge in [-0.3, -0.25) is 4.99 Å². The van der Waals surface area contributed by atoms with Crippen LogP contribution in [0.1, 0.15) is 0 Å². The van der Waals surface area contributed by atoms with Crippen LogP contribution in [0.15, 0.2) is 23.2 Å². The zero-order valence-electron chi connectivity index (χ0n) is 6.24. The fourth-order valence-corrected chi connectivity index (χ4v) is 0.797. The number of phenols is 1. The first-order valence-corrected chi connectivity index (χ1v) is 3.11. The summed E-state index contributed by atoms with van der Waals surface area (Å²) in [4.78, 5) is 3.70. The van der Waals surface area contributed by atoms with Crippen LogP contribution in [-0.2, 0) is 0 Å². The first-order chi connectivity index (χ1) is 5.27. The maximum Gasteiger partial charge on any atom is 0.148 e. The largest absolute Gasteiger partial charge is 0.508 e. The summed E-state index contributed by atoms with van der Waals surface area (Å²) in [6.07, 6.45) is 0. The van der Waals surface area contributed by atoms with Crippen LogP contribution in [0.25, 0.3) is 0 Å². The smallest absolute Gasteiger partial charge is 0.148 e. The zero-order valence-corrected chi connectivity index (χ0v) is 6.24. The topological polar surface area (TPSA) is 41.8 Å². The number of hydrogen-bond acceptors (Lipinski definition) is 3. The van der Waals surface area contributed by atoms with Crippen LogP contribution in [0.4, 0.5) is 5.69 Å². The van der Waals surface area contributed by atoms with Crippen LogP contribution in [-0.4, -0.2) is 18.9 Å². The van der Waals surface area contributed by atoms with E-state index in [1.807, 2.05) is 0 Å². The van der Waals surface area contributed by atoms with Gasteiger partial charge in [-0.15, -0.1) is 0 Å².